The Hall–Kier alpha value is -1.10. The van der Waals surface area contributed by atoms with Gasteiger partial charge in [-0.05, 0) is 13.8 Å². The fraction of sp³-hybridized carbons (Fsp3) is 0.667. The predicted octanol–water partition coefficient (Wildman–Crippen LogP) is -0.122. The Morgan fingerprint density at radius 3 is 2.64 bits per heavy atom. The Balaban J connectivity index is 2.64. The van der Waals surface area contributed by atoms with Crippen LogP contribution >= 0.6 is 0 Å². The minimum atomic E-state index is -0.482. The van der Waals surface area contributed by atoms with E-state index in [4.69, 9.17) is 4.84 Å². The SMILES string of the molecule is CCON1C(=O)N[C@@H](C)C1=O. The fourth-order valence-corrected chi connectivity index (χ4v) is 0.833. The quantitative estimate of drug-likeness (QED) is 0.570. The van der Waals surface area contributed by atoms with Crippen molar-refractivity contribution in [1.29, 1.82) is 0 Å². The molecule has 62 valence electrons. The van der Waals surface area contributed by atoms with Crippen molar-refractivity contribution in [2.75, 3.05) is 6.61 Å². The molecule has 0 aromatic rings. The van der Waals surface area contributed by atoms with Crippen LogP contribution < -0.4 is 5.32 Å². The van der Waals surface area contributed by atoms with E-state index in [-0.39, 0.29) is 5.91 Å². The van der Waals surface area contributed by atoms with Crippen molar-refractivity contribution in [2.45, 2.75) is 19.9 Å². The fourth-order valence-electron chi connectivity index (χ4n) is 0.833. The first kappa shape index (κ1) is 8.00. The number of rotatable bonds is 2. The summed E-state index contributed by atoms with van der Waals surface area (Å²) >= 11 is 0. The number of nitrogens with zero attached hydrogens (tertiary/aromatic N) is 1. The Labute approximate surface area is 64.3 Å². The van der Waals surface area contributed by atoms with Gasteiger partial charge in [-0.15, -0.1) is 5.06 Å². The average molecular weight is 158 g/mol. The third kappa shape index (κ3) is 1.32. The first-order chi connectivity index (χ1) is 5.16. The van der Waals surface area contributed by atoms with Crippen molar-refractivity contribution in [3.63, 3.8) is 0 Å². The van der Waals surface area contributed by atoms with Crippen LogP contribution in [-0.4, -0.2) is 29.7 Å². The van der Waals surface area contributed by atoms with E-state index in [1.807, 2.05) is 0 Å². The minimum absolute atomic E-state index is 0.311. The van der Waals surface area contributed by atoms with Gasteiger partial charge in [0, 0.05) is 0 Å². The molecule has 0 aliphatic carbocycles. The molecule has 0 radical (unpaired) electrons. The maximum Gasteiger partial charge on any atom is 0.349 e. The molecule has 3 amide bonds. The van der Waals surface area contributed by atoms with E-state index in [1.54, 1.807) is 13.8 Å². The molecule has 11 heavy (non-hydrogen) atoms. The smallest absolute Gasteiger partial charge is 0.324 e. The lowest BCUT2D eigenvalue weighted by Gasteiger charge is -2.09. The molecule has 0 spiro atoms. The molecule has 0 aromatic carbocycles. The van der Waals surface area contributed by atoms with Gasteiger partial charge in [0.1, 0.15) is 6.04 Å². The average Bonchev–Trinajstić information content (AvgIpc) is 2.17. The highest BCUT2D eigenvalue weighted by atomic mass is 16.7. The van der Waals surface area contributed by atoms with E-state index >= 15 is 0 Å². The monoisotopic (exact) mass is 158 g/mol. The van der Waals surface area contributed by atoms with Gasteiger partial charge in [0.25, 0.3) is 5.91 Å². The summed E-state index contributed by atoms with van der Waals surface area (Å²) in [6.07, 6.45) is 0. The first-order valence-electron chi connectivity index (χ1n) is 3.44. The van der Waals surface area contributed by atoms with Crippen molar-refractivity contribution in [3.8, 4) is 0 Å². The predicted molar refractivity (Wildman–Crippen MR) is 36.5 cm³/mol. The highest BCUT2D eigenvalue weighted by Crippen LogP contribution is 2.05. The van der Waals surface area contributed by atoms with Gasteiger partial charge in [-0.1, -0.05) is 0 Å². The normalized spacial score (nSPS) is 24.2. The summed E-state index contributed by atoms with van der Waals surface area (Å²) in [7, 11) is 0. The zero-order valence-electron chi connectivity index (χ0n) is 6.46. The Morgan fingerprint density at radius 2 is 2.27 bits per heavy atom. The van der Waals surface area contributed by atoms with Gasteiger partial charge in [0.05, 0.1) is 6.61 Å². The maximum absolute atomic E-state index is 11.0. The Kier molecular flexibility index (Phi) is 2.09. The van der Waals surface area contributed by atoms with Gasteiger partial charge in [-0.2, -0.15) is 0 Å². The van der Waals surface area contributed by atoms with Crippen molar-refractivity contribution < 1.29 is 14.4 Å². The van der Waals surface area contributed by atoms with E-state index in [0.717, 1.165) is 5.06 Å². The van der Waals surface area contributed by atoms with Gasteiger partial charge < -0.3 is 5.32 Å². The molecule has 5 nitrogen and oxygen atoms in total. The molecule has 1 aliphatic rings. The number of urea groups is 1. The van der Waals surface area contributed by atoms with Crippen LogP contribution in [0.15, 0.2) is 0 Å². The standard InChI is InChI=1S/C6H10N2O3/c1-3-11-8-5(9)4(2)7-6(8)10/h4H,3H2,1-2H3,(H,7,10)/t4-/m0/s1. The lowest BCUT2D eigenvalue weighted by atomic mass is 10.4. The maximum atomic E-state index is 11.0. The van der Waals surface area contributed by atoms with Crippen LogP contribution in [0, 0.1) is 0 Å². The molecule has 1 saturated heterocycles. The van der Waals surface area contributed by atoms with Crippen LogP contribution in [0.3, 0.4) is 0 Å². The summed E-state index contributed by atoms with van der Waals surface area (Å²) in [6, 6.07) is -0.946. The van der Waals surface area contributed by atoms with Crippen molar-refractivity contribution in [3.05, 3.63) is 0 Å². The van der Waals surface area contributed by atoms with E-state index in [9.17, 15) is 9.59 Å². The molecule has 1 N–H and O–H groups in total. The molecule has 0 saturated carbocycles. The van der Waals surface area contributed by atoms with Crippen LogP contribution in [0.25, 0.3) is 0 Å². The Bertz CT molecular complexity index is 192. The molecule has 5 heteroatoms. The third-order valence-corrected chi connectivity index (χ3v) is 1.35. The summed E-state index contributed by atoms with van der Waals surface area (Å²) in [5, 5.41) is 3.17. The third-order valence-electron chi connectivity index (χ3n) is 1.35. The first-order valence-corrected chi connectivity index (χ1v) is 3.44. The number of hydroxylamine groups is 2. The molecule has 1 aliphatic heterocycles. The molecule has 0 bridgehead atoms. The van der Waals surface area contributed by atoms with Crippen LogP contribution in [0.1, 0.15) is 13.8 Å². The van der Waals surface area contributed by atoms with E-state index in [1.165, 1.54) is 0 Å². The molecular formula is C6H10N2O3. The lowest BCUT2D eigenvalue weighted by molar-refractivity contribution is -0.161. The van der Waals surface area contributed by atoms with Gasteiger partial charge in [-0.3, -0.25) is 9.63 Å². The molecule has 1 atom stereocenters. The topological polar surface area (TPSA) is 58.6 Å². The lowest BCUT2D eigenvalue weighted by Crippen LogP contribution is -2.31. The second kappa shape index (κ2) is 2.87. The van der Waals surface area contributed by atoms with Crippen LogP contribution in [0.2, 0.25) is 0 Å². The molecule has 1 rings (SSSR count). The van der Waals surface area contributed by atoms with E-state index in [2.05, 4.69) is 5.32 Å². The van der Waals surface area contributed by atoms with Crippen LogP contribution in [0.4, 0.5) is 4.79 Å². The molecule has 0 aromatic heterocycles. The summed E-state index contributed by atoms with van der Waals surface area (Å²) < 4.78 is 0. The summed E-state index contributed by atoms with van der Waals surface area (Å²) in [5.74, 6) is -0.336. The number of hydrogen-bond donors (Lipinski definition) is 1. The molecule has 0 unspecified atom stereocenters. The summed E-state index contributed by atoms with van der Waals surface area (Å²) in [4.78, 5) is 26.6. The highest BCUT2D eigenvalue weighted by Gasteiger charge is 2.35. The number of amides is 3. The van der Waals surface area contributed by atoms with Crippen molar-refractivity contribution in [2.24, 2.45) is 0 Å². The Morgan fingerprint density at radius 1 is 1.64 bits per heavy atom. The van der Waals surface area contributed by atoms with Gasteiger partial charge in [0.2, 0.25) is 0 Å². The highest BCUT2D eigenvalue weighted by molar-refractivity contribution is 6.02. The van der Waals surface area contributed by atoms with Crippen LogP contribution in [-0.2, 0) is 9.63 Å². The summed E-state index contributed by atoms with van der Waals surface area (Å²) in [6.45, 7) is 3.63. The zero-order valence-corrected chi connectivity index (χ0v) is 6.46. The number of carbonyl (C=O) groups is 2. The van der Waals surface area contributed by atoms with Crippen LogP contribution in [0.5, 0.6) is 0 Å². The minimum Gasteiger partial charge on any atom is -0.324 e. The largest absolute Gasteiger partial charge is 0.349 e. The molecular weight excluding hydrogens is 148 g/mol. The molecule has 1 fully saturated rings. The van der Waals surface area contributed by atoms with Crippen molar-refractivity contribution >= 4 is 11.9 Å². The van der Waals surface area contributed by atoms with E-state index < -0.39 is 12.1 Å². The van der Waals surface area contributed by atoms with Gasteiger partial charge in [0.15, 0.2) is 0 Å². The molecule has 1 heterocycles. The number of hydrogen-bond acceptors (Lipinski definition) is 3. The zero-order chi connectivity index (χ0) is 8.43. The van der Waals surface area contributed by atoms with Crippen molar-refractivity contribution in [1.82, 2.24) is 10.4 Å². The second-order valence-corrected chi connectivity index (χ2v) is 2.22. The van der Waals surface area contributed by atoms with E-state index in [0.29, 0.717) is 6.61 Å². The number of imide groups is 1. The van der Waals surface area contributed by atoms with Gasteiger partial charge in [-0.25, -0.2) is 4.79 Å². The summed E-state index contributed by atoms with van der Waals surface area (Å²) in [5.41, 5.74) is 0. The number of nitrogens with one attached hydrogen (secondary N) is 1. The number of carbonyl (C=O) groups excluding carboxylic acids is 2. The second-order valence-electron chi connectivity index (χ2n) is 2.22. The van der Waals surface area contributed by atoms with Gasteiger partial charge >= 0.3 is 6.03 Å².